The van der Waals surface area contributed by atoms with Gasteiger partial charge in [0.25, 0.3) is 0 Å². The minimum absolute atomic E-state index is 0.329. The summed E-state index contributed by atoms with van der Waals surface area (Å²) in [5.41, 5.74) is 0. The van der Waals surface area contributed by atoms with Crippen LogP contribution in [-0.2, 0) is 14.3 Å². The molecule has 0 aromatic heterocycles. The van der Waals surface area contributed by atoms with Crippen molar-refractivity contribution < 1.29 is 19.4 Å². The summed E-state index contributed by atoms with van der Waals surface area (Å²) in [6, 6.07) is 0. The molecule has 0 aliphatic carbocycles. The summed E-state index contributed by atoms with van der Waals surface area (Å²) in [6.45, 7) is 14.4. The van der Waals surface area contributed by atoms with Crippen molar-refractivity contribution in [3.8, 4) is 0 Å². The third kappa shape index (κ3) is 33.0. The maximum atomic E-state index is 9.75. The molecule has 0 N–H and O–H groups in total. The number of carboxylic acid groups (broad SMARTS) is 1. The molecule has 0 atom stereocenters. The molecule has 0 aliphatic heterocycles. The third-order valence-corrected chi connectivity index (χ3v) is 12.1. The van der Waals surface area contributed by atoms with Crippen LogP contribution in [0.1, 0.15) is 66.2 Å². The molecule has 0 aromatic carbocycles. The quantitative estimate of drug-likeness (QED) is 0.203. The zero-order chi connectivity index (χ0) is 19.2. The van der Waals surface area contributed by atoms with Crippen molar-refractivity contribution in [3.63, 3.8) is 0 Å². The summed E-state index contributed by atoms with van der Waals surface area (Å²) >= 11 is -0.839. The zero-order valence-electron chi connectivity index (χ0n) is 16.1. The molecule has 0 bridgehead atoms. The van der Waals surface area contributed by atoms with E-state index >= 15 is 0 Å². The summed E-state index contributed by atoms with van der Waals surface area (Å²) in [4.78, 5) is 18.9. The standard InChI is InChI=1S/C4H6O2.3C4H9.C3H4O2.Sn/c1-3-6-4(2)5;3*1-3-4-2;1-2-3(4)5;/h3H,1H2,2H3;3*1,3-4H2,2H3;2H,1H2,(H,4,5);/q;;;;;+1/p-1. The number of ether oxygens (including phenoxy) is 1. The number of carbonyl (C=O) groups excluding carboxylic acids is 2. The number of esters is 1. The Labute approximate surface area is 156 Å². The van der Waals surface area contributed by atoms with Crippen molar-refractivity contribution in [3.05, 3.63) is 25.5 Å². The maximum absolute atomic E-state index is 9.75. The monoisotopic (exact) mass is 448 g/mol. The van der Waals surface area contributed by atoms with E-state index in [9.17, 15) is 4.79 Å². The molecule has 0 rings (SSSR count). The van der Waals surface area contributed by atoms with Crippen LogP contribution in [0.15, 0.2) is 25.5 Å². The molecule has 140 valence electrons. The van der Waals surface area contributed by atoms with E-state index in [2.05, 4.69) is 38.7 Å². The van der Waals surface area contributed by atoms with E-state index < -0.39 is 25.7 Å². The van der Waals surface area contributed by atoms with Gasteiger partial charge in [-0.2, -0.15) is 0 Å². The van der Waals surface area contributed by atoms with Crippen molar-refractivity contribution in [1.82, 2.24) is 0 Å². The van der Waals surface area contributed by atoms with Crippen LogP contribution in [0.5, 0.6) is 0 Å². The number of hydrogen-bond donors (Lipinski definition) is 0. The molecule has 0 unspecified atom stereocenters. The van der Waals surface area contributed by atoms with E-state index in [1.165, 1.54) is 45.4 Å². The fraction of sp³-hybridized carbons (Fsp3) is 0.684. The normalized spacial score (nSPS) is 8.67. The van der Waals surface area contributed by atoms with Gasteiger partial charge in [0, 0.05) is 6.92 Å². The first-order valence-electron chi connectivity index (χ1n) is 8.84. The van der Waals surface area contributed by atoms with Crippen molar-refractivity contribution in [2.45, 2.75) is 79.5 Å². The van der Waals surface area contributed by atoms with Gasteiger partial charge in [-0.05, 0) is 6.08 Å². The number of hydrogen-bond acceptors (Lipinski definition) is 4. The number of rotatable bonds is 11. The molecule has 0 aromatic rings. The van der Waals surface area contributed by atoms with Crippen molar-refractivity contribution >= 4 is 31.7 Å². The molecule has 4 nitrogen and oxygen atoms in total. The average molecular weight is 447 g/mol. The fourth-order valence-electron chi connectivity index (χ4n) is 1.77. The van der Waals surface area contributed by atoms with Crippen molar-refractivity contribution in [2.75, 3.05) is 0 Å². The number of aliphatic carboxylic acids is 1. The molecule has 24 heavy (non-hydrogen) atoms. The topological polar surface area (TPSA) is 66.4 Å². The van der Waals surface area contributed by atoms with E-state index in [-0.39, 0.29) is 5.97 Å². The number of unbranched alkanes of at least 4 members (excludes halogenated alkanes) is 3. The second-order valence-corrected chi connectivity index (χ2v) is 13.9. The predicted octanol–water partition coefficient (Wildman–Crippen LogP) is 4.50. The number of carboxylic acids is 1. The molecule has 0 radical (unpaired) electrons. The van der Waals surface area contributed by atoms with Crippen molar-refractivity contribution in [2.24, 2.45) is 0 Å². The van der Waals surface area contributed by atoms with Crippen LogP contribution in [-0.4, -0.2) is 31.7 Å². The van der Waals surface area contributed by atoms with Gasteiger partial charge < -0.3 is 14.6 Å². The molecule has 0 spiro atoms. The molecular weight excluding hydrogens is 411 g/mol. The molecule has 0 saturated heterocycles. The van der Waals surface area contributed by atoms with Crippen LogP contribution < -0.4 is 5.11 Å². The Morgan fingerprint density at radius 1 is 0.958 bits per heavy atom. The van der Waals surface area contributed by atoms with E-state index in [0.29, 0.717) is 0 Å². The van der Waals surface area contributed by atoms with Gasteiger partial charge in [-0.25, -0.2) is 0 Å². The van der Waals surface area contributed by atoms with Gasteiger partial charge in [0.15, 0.2) is 0 Å². The minimum atomic E-state index is -1.23. The molecule has 0 amide bonds. The van der Waals surface area contributed by atoms with Crippen LogP contribution in [0, 0.1) is 0 Å². The Balaban J connectivity index is -0.000000332. The molecule has 0 heterocycles. The molecule has 0 aliphatic rings. The van der Waals surface area contributed by atoms with Gasteiger partial charge >= 0.3 is 98.3 Å². The van der Waals surface area contributed by atoms with Crippen LogP contribution in [0.25, 0.3) is 0 Å². The summed E-state index contributed by atoms with van der Waals surface area (Å²) in [5.74, 6) is -1.56. The molecule has 5 heteroatoms. The Morgan fingerprint density at radius 3 is 1.42 bits per heavy atom. The second-order valence-electron chi connectivity index (χ2n) is 5.36. The van der Waals surface area contributed by atoms with Crippen LogP contribution >= 0.6 is 0 Å². The number of carbonyl (C=O) groups is 2. The summed E-state index contributed by atoms with van der Waals surface area (Å²) in [7, 11) is 0. The van der Waals surface area contributed by atoms with Gasteiger partial charge in [-0.3, -0.25) is 4.79 Å². The van der Waals surface area contributed by atoms with Gasteiger partial charge in [-0.1, -0.05) is 13.2 Å². The third-order valence-electron chi connectivity index (χ3n) is 3.07. The Hall–Kier alpha value is -0.781. The van der Waals surface area contributed by atoms with E-state index in [1.54, 1.807) is 13.3 Å². The Bertz CT molecular complexity index is 297. The van der Waals surface area contributed by atoms with Crippen LogP contribution in [0.3, 0.4) is 0 Å². The first-order valence-corrected chi connectivity index (χ1v) is 14.9. The average Bonchev–Trinajstić information content (AvgIpc) is 2.55. The fourth-order valence-corrected chi connectivity index (χ4v) is 11.2. The first kappa shape index (κ1) is 28.0. The van der Waals surface area contributed by atoms with Crippen LogP contribution in [0.2, 0.25) is 13.3 Å². The Morgan fingerprint density at radius 2 is 1.29 bits per heavy atom. The van der Waals surface area contributed by atoms with Gasteiger partial charge in [0.1, 0.15) is 0 Å². The van der Waals surface area contributed by atoms with E-state index in [0.717, 1.165) is 12.3 Å². The zero-order valence-corrected chi connectivity index (χ0v) is 18.9. The van der Waals surface area contributed by atoms with E-state index in [1.807, 2.05) is 0 Å². The summed E-state index contributed by atoms with van der Waals surface area (Å²) in [5, 5.41) is 9.14. The summed E-state index contributed by atoms with van der Waals surface area (Å²) in [6.07, 6.45) is 10.7. The van der Waals surface area contributed by atoms with Gasteiger partial charge in [0.2, 0.25) is 0 Å². The first-order chi connectivity index (χ1) is 11.4. The van der Waals surface area contributed by atoms with Gasteiger partial charge in [0.05, 0.1) is 12.2 Å². The second kappa shape index (κ2) is 24.5. The van der Waals surface area contributed by atoms with Gasteiger partial charge in [-0.15, -0.1) is 0 Å². The molecular formula is C19H36O4Sn. The van der Waals surface area contributed by atoms with Crippen LogP contribution in [0.4, 0.5) is 0 Å². The van der Waals surface area contributed by atoms with Crippen molar-refractivity contribution in [1.29, 1.82) is 0 Å². The SMILES string of the molecule is C=CC(=O)[O-].C=COC(C)=O.CCC[CH2][Sn+]([CH2]CCC)[CH2]CCC. The van der Waals surface area contributed by atoms with E-state index in [4.69, 9.17) is 9.90 Å². The summed E-state index contributed by atoms with van der Waals surface area (Å²) < 4.78 is 9.20. The predicted molar refractivity (Wildman–Crippen MR) is 102 cm³/mol. The molecule has 0 saturated carbocycles. The Kier molecular flexibility index (Phi) is 28.6. The molecule has 0 fully saturated rings.